The lowest BCUT2D eigenvalue weighted by molar-refractivity contribution is 0.0749. The molecule has 1 saturated carbocycles. The predicted molar refractivity (Wildman–Crippen MR) is 73.5 cm³/mol. The molecule has 2 aliphatic rings. The van der Waals surface area contributed by atoms with Crippen LogP contribution in [-0.4, -0.2) is 18.3 Å². The van der Waals surface area contributed by atoms with E-state index in [0.29, 0.717) is 19.1 Å². The highest BCUT2D eigenvalue weighted by Gasteiger charge is 2.26. The molecule has 1 aliphatic heterocycles. The Morgan fingerprint density at radius 2 is 1.74 bits per heavy atom. The monoisotopic (exact) mass is 262 g/mol. The minimum absolute atomic E-state index is 0.372. The van der Waals surface area contributed by atoms with Crippen LogP contribution in [0.1, 0.15) is 44.3 Å². The van der Waals surface area contributed by atoms with Crippen LogP contribution in [0.15, 0.2) is 18.2 Å². The van der Waals surface area contributed by atoms with E-state index in [1.165, 1.54) is 12.8 Å². The maximum Gasteiger partial charge on any atom is 0.161 e. The molecule has 0 spiro atoms. The van der Waals surface area contributed by atoms with Crippen molar-refractivity contribution in [3.05, 3.63) is 23.8 Å². The Morgan fingerprint density at radius 1 is 1.05 bits per heavy atom. The molecule has 1 N–H and O–H groups in total. The molecule has 1 aliphatic carbocycles. The summed E-state index contributed by atoms with van der Waals surface area (Å²) in [4.78, 5) is 0. The van der Waals surface area contributed by atoms with Crippen LogP contribution in [0.25, 0.3) is 0 Å². The quantitative estimate of drug-likeness (QED) is 0.888. The molecule has 1 aromatic carbocycles. The third-order valence-corrected chi connectivity index (χ3v) is 4.41. The van der Waals surface area contributed by atoms with E-state index in [4.69, 9.17) is 9.47 Å². The van der Waals surface area contributed by atoms with Gasteiger partial charge in [0, 0.05) is 0 Å². The van der Waals surface area contributed by atoms with Crippen LogP contribution in [-0.2, 0) is 0 Å². The summed E-state index contributed by atoms with van der Waals surface area (Å²) >= 11 is 0. The van der Waals surface area contributed by atoms with Crippen molar-refractivity contribution in [2.45, 2.75) is 38.7 Å². The molecule has 0 radical (unpaired) electrons. The molecule has 0 saturated heterocycles. The fourth-order valence-electron chi connectivity index (χ4n) is 3.12. The zero-order valence-electron chi connectivity index (χ0n) is 11.5. The molecule has 1 fully saturated rings. The molecule has 1 heterocycles. The van der Waals surface area contributed by atoms with Gasteiger partial charge in [-0.15, -0.1) is 0 Å². The zero-order chi connectivity index (χ0) is 13.2. The molecule has 1 unspecified atom stereocenters. The van der Waals surface area contributed by atoms with Gasteiger partial charge in [-0.1, -0.05) is 25.8 Å². The summed E-state index contributed by atoms with van der Waals surface area (Å²) in [5.41, 5.74) is 0.962. The lowest BCUT2D eigenvalue weighted by Crippen LogP contribution is -2.20. The summed E-state index contributed by atoms with van der Waals surface area (Å²) in [6, 6.07) is 5.83. The van der Waals surface area contributed by atoms with Gasteiger partial charge in [0.25, 0.3) is 0 Å². The van der Waals surface area contributed by atoms with E-state index in [1.807, 2.05) is 18.2 Å². The Hall–Kier alpha value is -1.22. The van der Waals surface area contributed by atoms with Gasteiger partial charge in [-0.05, 0) is 42.4 Å². The highest BCUT2D eigenvalue weighted by molar-refractivity contribution is 5.44. The predicted octanol–water partition coefficient (Wildman–Crippen LogP) is 3.32. The van der Waals surface area contributed by atoms with E-state index >= 15 is 0 Å². The number of aliphatic hydroxyl groups is 1. The third-order valence-electron chi connectivity index (χ3n) is 4.41. The number of hydrogen-bond donors (Lipinski definition) is 1. The van der Waals surface area contributed by atoms with Crippen LogP contribution in [0.4, 0.5) is 0 Å². The van der Waals surface area contributed by atoms with Crippen molar-refractivity contribution in [2.24, 2.45) is 11.8 Å². The highest BCUT2D eigenvalue weighted by atomic mass is 16.6. The van der Waals surface area contributed by atoms with Crippen molar-refractivity contribution in [1.29, 1.82) is 0 Å². The van der Waals surface area contributed by atoms with Crippen molar-refractivity contribution in [2.75, 3.05) is 13.2 Å². The second-order valence-corrected chi connectivity index (χ2v) is 5.87. The number of hydrogen-bond acceptors (Lipinski definition) is 3. The van der Waals surface area contributed by atoms with Crippen molar-refractivity contribution in [1.82, 2.24) is 0 Å². The summed E-state index contributed by atoms with van der Waals surface area (Å²) in [7, 11) is 0. The fourth-order valence-corrected chi connectivity index (χ4v) is 3.12. The molecule has 0 bridgehead atoms. The maximum atomic E-state index is 10.5. The lowest BCUT2D eigenvalue weighted by Gasteiger charge is -2.30. The molecule has 1 aromatic rings. The van der Waals surface area contributed by atoms with Gasteiger partial charge in [0.05, 0.1) is 6.10 Å². The Labute approximate surface area is 114 Å². The molecular weight excluding hydrogens is 240 g/mol. The van der Waals surface area contributed by atoms with Crippen molar-refractivity contribution in [3.8, 4) is 11.5 Å². The van der Waals surface area contributed by atoms with Crippen molar-refractivity contribution >= 4 is 0 Å². The maximum absolute atomic E-state index is 10.5. The standard InChI is InChI=1S/C16H22O3/c1-11-2-4-12(5-3-11)16(17)13-6-7-14-15(10-13)19-9-8-18-14/h6-7,10-12,16-17H,2-5,8-9H2,1H3. The largest absolute Gasteiger partial charge is 0.486 e. The first-order valence-corrected chi connectivity index (χ1v) is 7.31. The number of fused-ring (bicyclic) bond motifs is 1. The Kier molecular flexibility index (Phi) is 3.65. The van der Waals surface area contributed by atoms with Gasteiger partial charge < -0.3 is 14.6 Å². The molecule has 0 amide bonds. The summed E-state index contributed by atoms with van der Waals surface area (Å²) in [5.74, 6) is 2.76. The topological polar surface area (TPSA) is 38.7 Å². The highest BCUT2D eigenvalue weighted by Crippen LogP contribution is 2.39. The van der Waals surface area contributed by atoms with E-state index in [-0.39, 0.29) is 6.10 Å². The second-order valence-electron chi connectivity index (χ2n) is 5.87. The fraction of sp³-hybridized carbons (Fsp3) is 0.625. The number of aliphatic hydroxyl groups excluding tert-OH is 1. The van der Waals surface area contributed by atoms with E-state index in [9.17, 15) is 5.11 Å². The minimum Gasteiger partial charge on any atom is -0.486 e. The first kappa shape index (κ1) is 12.8. The summed E-state index contributed by atoms with van der Waals surface area (Å²) < 4.78 is 11.1. The third kappa shape index (κ3) is 2.71. The van der Waals surface area contributed by atoms with Gasteiger partial charge in [-0.3, -0.25) is 0 Å². The Balaban J connectivity index is 1.74. The Bertz CT molecular complexity index is 436. The van der Waals surface area contributed by atoms with Crippen LogP contribution < -0.4 is 9.47 Å². The van der Waals surface area contributed by atoms with E-state index in [0.717, 1.165) is 35.8 Å². The average molecular weight is 262 g/mol. The van der Waals surface area contributed by atoms with E-state index in [1.54, 1.807) is 0 Å². The summed E-state index contributed by atoms with van der Waals surface area (Å²) in [6.07, 6.45) is 4.33. The van der Waals surface area contributed by atoms with Gasteiger partial charge in [0.1, 0.15) is 13.2 Å². The van der Waals surface area contributed by atoms with Gasteiger partial charge in [0.15, 0.2) is 11.5 Å². The lowest BCUT2D eigenvalue weighted by atomic mass is 9.78. The molecule has 3 heteroatoms. The smallest absolute Gasteiger partial charge is 0.161 e. The first-order chi connectivity index (χ1) is 9.24. The number of ether oxygens (including phenoxy) is 2. The van der Waals surface area contributed by atoms with Crippen LogP contribution in [0, 0.1) is 11.8 Å². The van der Waals surface area contributed by atoms with Gasteiger partial charge in [-0.25, -0.2) is 0 Å². The Morgan fingerprint density at radius 3 is 2.47 bits per heavy atom. The van der Waals surface area contributed by atoms with Crippen LogP contribution in [0.3, 0.4) is 0 Å². The minimum atomic E-state index is -0.372. The van der Waals surface area contributed by atoms with E-state index in [2.05, 4.69) is 6.92 Å². The van der Waals surface area contributed by atoms with Gasteiger partial charge >= 0.3 is 0 Å². The van der Waals surface area contributed by atoms with Crippen LogP contribution >= 0.6 is 0 Å². The molecular formula is C16H22O3. The first-order valence-electron chi connectivity index (χ1n) is 7.31. The van der Waals surface area contributed by atoms with Crippen molar-refractivity contribution < 1.29 is 14.6 Å². The van der Waals surface area contributed by atoms with Gasteiger partial charge in [0.2, 0.25) is 0 Å². The zero-order valence-corrected chi connectivity index (χ0v) is 11.5. The number of rotatable bonds is 2. The normalized spacial score (nSPS) is 27.9. The second kappa shape index (κ2) is 5.41. The van der Waals surface area contributed by atoms with E-state index < -0.39 is 0 Å². The van der Waals surface area contributed by atoms with Gasteiger partial charge in [-0.2, -0.15) is 0 Å². The summed E-state index contributed by atoms with van der Waals surface area (Å²) in [5, 5.41) is 10.5. The molecule has 1 atom stereocenters. The molecule has 0 aromatic heterocycles. The summed E-state index contributed by atoms with van der Waals surface area (Å²) in [6.45, 7) is 3.50. The van der Waals surface area contributed by atoms with Crippen LogP contribution in [0.5, 0.6) is 11.5 Å². The van der Waals surface area contributed by atoms with Crippen molar-refractivity contribution in [3.63, 3.8) is 0 Å². The molecule has 3 nitrogen and oxygen atoms in total. The van der Waals surface area contributed by atoms with Crippen LogP contribution in [0.2, 0.25) is 0 Å². The number of benzene rings is 1. The molecule has 19 heavy (non-hydrogen) atoms. The molecule has 104 valence electrons. The molecule has 3 rings (SSSR count). The SMILES string of the molecule is CC1CCC(C(O)c2ccc3c(c2)OCCO3)CC1. The average Bonchev–Trinajstić information content (AvgIpc) is 2.47.